The molecule has 1 heterocycles. The molecular weight excluding hydrogens is 478 g/mol. The van der Waals surface area contributed by atoms with E-state index in [1.54, 1.807) is 7.11 Å². The number of aliphatic hydroxyl groups is 1. The van der Waals surface area contributed by atoms with Gasteiger partial charge in [0, 0.05) is 50.9 Å². The van der Waals surface area contributed by atoms with Crippen molar-refractivity contribution in [2.75, 3.05) is 40.4 Å². The third kappa shape index (κ3) is 7.71. The Balaban J connectivity index is 1.54. The first kappa shape index (κ1) is 28.4. The number of urea groups is 1. The van der Waals surface area contributed by atoms with Crippen molar-refractivity contribution in [2.45, 2.75) is 63.0 Å². The van der Waals surface area contributed by atoms with E-state index in [1.165, 1.54) is 12.8 Å². The molecule has 38 heavy (non-hydrogen) atoms. The molecule has 2 fully saturated rings. The number of likely N-dealkylation sites (N-methyl/N-ethyl adjacent to an activating group) is 1. The average Bonchev–Trinajstić information content (AvgIpc) is 3.76. The second kappa shape index (κ2) is 14.0. The molecule has 208 valence electrons. The summed E-state index contributed by atoms with van der Waals surface area (Å²) in [6, 6.07) is 17.6. The summed E-state index contributed by atoms with van der Waals surface area (Å²) in [4.78, 5) is 15.3. The summed E-state index contributed by atoms with van der Waals surface area (Å²) in [5, 5.41) is 19.0. The van der Waals surface area contributed by atoms with Gasteiger partial charge >= 0.3 is 6.03 Å². The third-order valence-electron chi connectivity index (χ3n) is 7.96. The van der Waals surface area contributed by atoms with Crippen molar-refractivity contribution in [1.29, 1.82) is 0 Å². The number of hydrogen-bond donors (Lipinski definition) is 3. The lowest BCUT2D eigenvalue weighted by Crippen LogP contribution is -2.53. The summed E-state index contributed by atoms with van der Waals surface area (Å²) in [7, 11) is 3.64. The molecule has 2 amide bonds. The Morgan fingerprint density at radius 2 is 1.87 bits per heavy atom. The number of nitrogens with zero attached hydrogens (tertiary/aromatic N) is 1. The SMILES string of the molecule is CNCC(CC1CC1)NC(=O)N1CCCC(C(O)(CCCCOC)c2ccccc2Oc2ccccc2)C1. The standard InChI is InChI=1S/C31H45N3O4/c1-32-22-26(21-24-16-17-24)33-30(35)34-19-10-11-25(23-34)31(36,18-8-9-20-37-2)28-14-6-7-15-29(28)38-27-12-4-3-5-13-27/h3-7,12-15,24-26,32,36H,8-11,16-23H2,1-2H3,(H,33,35). The van der Waals surface area contributed by atoms with Crippen LogP contribution in [-0.2, 0) is 10.3 Å². The van der Waals surface area contributed by atoms with Crippen LogP contribution in [0.1, 0.15) is 56.9 Å². The van der Waals surface area contributed by atoms with Crippen molar-refractivity contribution < 1.29 is 19.4 Å². The third-order valence-corrected chi connectivity index (χ3v) is 7.96. The smallest absolute Gasteiger partial charge is 0.317 e. The van der Waals surface area contributed by atoms with Gasteiger partial charge < -0.3 is 30.1 Å². The molecular formula is C31H45N3O4. The Morgan fingerprint density at radius 3 is 2.61 bits per heavy atom. The topological polar surface area (TPSA) is 83.1 Å². The number of para-hydroxylation sites is 2. The number of carbonyl (C=O) groups is 1. The maximum absolute atomic E-state index is 13.4. The number of likely N-dealkylation sites (tertiary alicyclic amines) is 1. The first-order chi connectivity index (χ1) is 18.5. The molecule has 1 saturated carbocycles. The van der Waals surface area contributed by atoms with E-state index in [0.717, 1.165) is 55.9 Å². The molecule has 2 aromatic carbocycles. The van der Waals surface area contributed by atoms with Gasteiger partial charge in [0.25, 0.3) is 0 Å². The summed E-state index contributed by atoms with van der Waals surface area (Å²) in [5.74, 6) is 2.03. The van der Waals surface area contributed by atoms with Crippen LogP contribution in [0.4, 0.5) is 4.79 Å². The normalized spacial score (nSPS) is 20.0. The van der Waals surface area contributed by atoms with Crippen LogP contribution in [0.3, 0.4) is 0 Å². The van der Waals surface area contributed by atoms with Gasteiger partial charge in [-0.15, -0.1) is 0 Å². The predicted octanol–water partition coefficient (Wildman–Crippen LogP) is 5.29. The molecule has 3 atom stereocenters. The molecule has 2 aromatic rings. The quantitative estimate of drug-likeness (QED) is 0.293. The number of piperidine rings is 1. The van der Waals surface area contributed by atoms with E-state index in [2.05, 4.69) is 10.6 Å². The van der Waals surface area contributed by atoms with Gasteiger partial charge in [0.2, 0.25) is 0 Å². The fraction of sp³-hybridized carbons (Fsp3) is 0.581. The lowest BCUT2D eigenvalue weighted by atomic mass is 9.73. The lowest BCUT2D eigenvalue weighted by Gasteiger charge is -2.43. The van der Waals surface area contributed by atoms with Crippen LogP contribution in [0, 0.1) is 11.8 Å². The van der Waals surface area contributed by atoms with Crippen molar-refractivity contribution in [3.05, 3.63) is 60.2 Å². The van der Waals surface area contributed by atoms with Crippen molar-refractivity contribution in [3.8, 4) is 11.5 Å². The molecule has 0 spiro atoms. The van der Waals surface area contributed by atoms with Gasteiger partial charge in [0.1, 0.15) is 11.5 Å². The van der Waals surface area contributed by atoms with Gasteiger partial charge in [-0.1, -0.05) is 49.2 Å². The molecule has 4 rings (SSSR count). The zero-order valence-electron chi connectivity index (χ0n) is 23.0. The molecule has 1 aliphatic carbocycles. The first-order valence-electron chi connectivity index (χ1n) is 14.3. The van der Waals surface area contributed by atoms with E-state index in [1.807, 2.05) is 66.5 Å². The summed E-state index contributed by atoms with van der Waals surface area (Å²) in [5.41, 5.74) is -0.341. The Labute approximate surface area is 227 Å². The second-order valence-electron chi connectivity index (χ2n) is 11.0. The van der Waals surface area contributed by atoms with Crippen LogP contribution >= 0.6 is 0 Å². The molecule has 1 saturated heterocycles. The maximum Gasteiger partial charge on any atom is 0.317 e. The average molecular weight is 524 g/mol. The van der Waals surface area contributed by atoms with Crippen LogP contribution in [0.5, 0.6) is 11.5 Å². The molecule has 2 aliphatic rings. The number of benzene rings is 2. The monoisotopic (exact) mass is 523 g/mol. The van der Waals surface area contributed by atoms with E-state index in [9.17, 15) is 9.90 Å². The summed E-state index contributed by atoms with van der Waals surface area (Å²) >= 11 is 0. The molecule has 7 heteroatoms. The molecule has 0 radical (unpaired) electrons. The number of unbranched alkanes of at least 4 members (excludes halogenated alkanes) is 1. The van der Waals surface area contributed by atoms with Crippen LogP contribution in [0.15, 0.2) is 54.6 Å². The van der Waals surface area contributed by atoms with Crippen LogP contribution in [0.2, 0.25) is 0 Å². The van der Waals surface area contributed by atoms with Crippen LogP contribution in [0.25, 0.3) is 0 Å². The van der Waals surface area contributed by atoms with E-state index < -0.39 is 5.60 Å². The fourth-order valence-electron chi connectivity index (χ4n) is 5.74. The van der Waals surface area contributed by atoms with Crippen LogP contribution in [-0.4, -0.2) is 62.5 Å². The highest BCUT2D eigenvalue weighted by atomic mass is 16.5. The van der Waals surface area contributed by atoms with E-state index in [0.29, 0.717) is 31.9 Å². The number of methoxy groups -OCH3 is 1. The van der Waals surface area contributed by atoms with Gasteiger partial charge in [-0.2, -0.15) is 0 Å². The second-order valence-corrected chi connectivity index (χ2v) is 11.0. The lowest BCUT2D eigenvalue weighted by molar-refractivity contribution is -0.0575. The molecule has 3 N–H and O–H groups in total. The van der Waals surface area contributed by atoms with E-state index in [4.69, 9.17) is 9.47 Å². The Morgan fingerprint density at radius 1 is 1.11 bits per heavy atom. The number of hydrogen-bond acceptors (Lipinski definition) is 5. The molecule has 0 bridgehead atoms. The van der Waals surface area contributed by atoms with Gasteiger partial charge in [-0.3, -0.25) is 0 Å². The van der Waals surface area contributed by atoms with E-state index in [-0.39, 0.29) is 18.0 Å². The Kier molecular flexibility index (Phi) is 10.4. The maximum atomic E-state index is 13.4. The van der Waals surface area contributed by atoms with Gasteiger partial charge in [0.15, 0.2) is 0 Å². The van der Waals surface area contributed by atoms with Crippen molar-refractivity contribution in [3.63, 3.8) is 0 Å². The number of ether oxygens (including phenoxy) is 2. The predicted molar refractivity (Wildman–Crippen MR) is 150 cm³/mol. The molecule has 3 unspecified atom stereocenters. The Hall–Kier alpha value is -2.61. The number of nitrogens with one attached hydrogen (secondary N) is 2. The largest absolute Gasteiger partial charge is 0.457 e. The minimum atomic E-state index is -1.13. The summed E-state index contributed by atoms with van der Waals surface area (Å²) in [6.45, 7) is 2.65. The minimum absolute atomic E-state index is 0.0221. The highest BCUT2D eigenvalue weighted by molar-refractivity contribution is 5.74. The highest BCUT2D eigenvalue weighted by Gasteiger charge is 2.43. The van der Waals surface area contributed by atoms with Crippen LogP contribution < -0.4 is 15.4 Å². The van der Waals surface area contributed by atoms with Gasteiger partial charge in [0.05, 0.1) is 5.60 Å². The number of rotatable bonds is 14. The fourth-order valence-corrected chi connectivity index (χ4v) is 5.74. The zero-order chi connectivity index (χ0) is 26.8. The molecule has 0 aromatic heterocycles. The molecule has 1 aliphatic heterocycles. The van der Waals surface area contributed by atoms with Crippen molar-refractivity contribution in [1.82, 2.24) is 15.5 Å². The first-order valence-corrected chi connectivity index (χ1v) is 14.3. The number of amides is 2. The molecule has 7 nitrogen and oxygen atoms in total. The minimum Gasteiger partial charge on any atom is -0.457 e. The van der Waals surface area contributed by atoms with Crippen molar-refractivity contribution >= 4 is 6.03 Å². The van der Waals surface area contributed by atoms with E-state index >= 15 is 0 Å². The number of carbonyl (C=O) groups excluding carboxylic acids is 1. The summed E-state index contributed by atoms with van der Waals surface area (Å²) in [6.07, 6.45) is 7.53. The zero-order valence-corrected chi connectivity index (χ0v) is 23.0. The van der Waals surface area contributed by atoms with Gasteiger partial charge in [-0.25, -0.2) is 4.79 Å². The Bertz CT molecular complexity index is 1000. The summed E-state index contributed by atoms with van der Waals surface area (Å²) < 4.78 is 11.6. The highest BCUT2D eigenvalue weighted by Crippen LogP contribution is 2.44. The van der Waals surface area contributed by atoms with Gasteiger partial charge in [-0.05, 0) is 69.7 Å². The van der Waals surface area contributed by atoms with Crippen molar-refractivity contribution in [2.24, 2.45) is 11.8 Å².